The standard InChI is InChI=1S/C27H23N3O5/c1-17(24(31)29-14-4-6-19-5-2-3-7-23(19)29)35-27(34)20-8-9-21-22(15-20)26(33)30(25(21)32)16-18-10-12-28-13-11-18/h2-3,5,7-13,15,17H,4,6,14,16H2,1H3/t17-/m0/s1. The first-order valence-corrected chi connectivity index (χ1v) is 11.4. The van der Waals surface area contributed by atoms with Gasteiger partial charge < -0.3 is 9.64 Å². The minimum Gasteiger partial charge on any atom is -0.449 e. The first kappa shape index (κ1) is 22.5. The number of rotatable bonds is 5. The van der Waals surface area contributed by atoms with E-state index in [0.29, 0.717) is 6.54 Å². The minimum absolute atomic E-state index is 0.106. The van der Waals surface area contributed by atoms with Crippen molar-refractivity contribution in [2.75, 3.05) is 11.4 Å². The molecule has 3 amide bonds. The van der Waals surface area contributed by atoms with Crippen molar-refractivity contribution in [2.45, 2.75) is 32.4 Å². The van der Waals surface area contributed by atoms with Crippen LogP contribution in [0.5, 0.6) is 0 Å². The van der Waals surface area contributed by atoms with Crippen molar-refractivity contribution in [3.63, 3.8) is 0 Å². The Morgan fingerprint density at radius 2 is 1.74 bits per heavy atom. The number of ether oxygens (including phenoxy) is 1. The van der Waals surface area contributed by atoms with Gasteiger partial charge in [-0.05, 0) is 67.3 Å². The van der Waals surface area contributed by atoms with Gasteiger partial charge in [-0.2, -0.15) is 0 Å². The number of carbonyl (C=O) groups is 4. The number of benzene rings is 2. The molecule has 3 heterocycles. The zero-order valence-corrected chi connectivity index (χ0v) is 19.1. The molecule has 2 aromatic carbocycles. The lowest BCUT2D eigenvalue weighted by Gasteiger charge is -2.31. The molecule has 8 nitrogen and oxygen atoms in total. The van der Waals surface area contributed by atoms with Crippen LogP contribution >= 0.6 is 0 Å². The molecule has 0 N–H and O–H groups in total. The second-order valence-electron chi connectivity index (χ2n) is 8.58. The molecule has 1 aromatic heterocycles. The Balaban J connectivity index is 1.30. The molecule has 1 atom stereocenters. The lowest BCUT2D eigenvalue weighted by molar-refractivity contribution is -0.126. The Labute approximate surface area is 202 Å². The number of fused-ring (bicyclic) bond motifs is 2. The highest BCUT2D eigenvalue weighted by molar-refractivity contribution is 6.21. The summed E-state index contributed by atoms with van der Waals surface area (Å²) in [6.07, 6.45) is 3.90. The van der Waals surface area contributed by atoms with E-state index in [2.05, 4.69) is 4.98 Å². The zero-order valence-electron chi connectivity index (χ0n) is 19.1. The quantitative estimate of drug-likeness (QED) is 0.420. The lowest BCUT2D eigenvalue weighted by atomic mass is 10.0. The molecule has 35 heavy (non-hydrogen) atoms. The number of esters is 1. The van der Waals surface area contributed by atoms with Crippen LogP contribution in [-0.4, -0.2) is 46.2 Å². The summed E-state index contributed by atoms with van der Waals surface area (Å²) in [5.41, 5.74) is 3.17. The van der Waals surface area contributed by atoms with Crippen LogP contribution < -0.4 is 4.90 Å². The van der Waals surface area contributed by atoms with Gasteiger partial charge in [-0.1, -0.05) is 18.2 Å². The predicted octanol–water partition coefficient (Wildman–Crippen LogP) is 3.40. The molecule has 2 aliphatic heterocycles. The first-order valence-electron chi connectivity index (χ1n) is 11.4. The Morgan fingerprint density at radius 1 is 1.00 bits per heavy atom. The number of aryl methyl sites for hydroxylation is 1. The fourth-order valence-electron chi connectivity index (χ4n) is 4.49. The Kier molecular flexibility index (Phi) is 5.86. The van der Waals surface area contributed by atoms with Crippen molar-refractivity contribution in [3.8, 4) is 0 Å². The van der Waals surface area contributed by atoms with Gasteiger partial charge in [0.05, 0.1) is 23.2 Å². The summed E-state index contributed by atoms with van der Waals surface area (Å²) in [5, 5.41) is 0. The van der Waals surface area contributed by atoms with Gasteiger partial charge in [-0.15, -0.1) is 0 Å². The van der Waals surface area contributed by atoms with Crippen LogP contribution in [-0.2, 0) is 22.5 Å². The third-order valence-electron chi connectivity index (χ3n) is 6.30. The van der Waals surface area contributed by atoms with E-state index in [1.807, 2.05) is 24.3 Å². The zero-order chi connectivity index (χ0) is 24.5. The summed E-state index contributed by atoms with van der Waals surface area (Å²) in [6, 6.07) is 15.4. The van der Waals surface area contributed by atoms with Crippen LogP contribution in [0.3, 0.4) is 0 Å². The van der Waals surface area contributed by atoms with Crippen molar-refractivity contribution in [3.05, 3.63) is 94.8 Å². The molecule has 3 aromatic rings. The van der Waals surface area contributed by atoms with Gasteiger partial charge in [0.1, 0.15) is 0 Å². The number of hydrogen-bond donors (Lipinski definition) is 0. The molecule has 0 unspecified atom stereocenters. The van der Waals surface area contributed by atoms with E-state index in [-0.39, 0.29) is 29.1 Å². The van der Waals surface area contributed by atoms with Gasteiger partial charge in [-0.25, -0.2) is 4.79 Å². The fraction of sp³-hybridized carbons (Fsp3) is 0.222. The van der Waals surface area contributed by atoms with Gasteiger partial charge in [0.15, 0.2) is 6.10 Å². The molecule has 0 spiro atoms. The number of amides is 3. The Bertz CT molecular complexity index is 1340. The van der Waals surface area contributed by atoms with E-state index >= 15 is 0 Å². The smallest absolute Gasteiger partial charge is 0.338 e. The highest BCUT2D eigenvalue weighted by Crippen LogP contribution is 2.28. The largest absolute Gasteiger partial charge is 0.449 e. The third kappa shape index (κ3) is 4.19. The molecule has 176 valence electrons. The Hall–Kier alpha value is -4.33. The van der Waals surface area contributed by atoms with E-state index < -0.39 is 23.9 Å². The van der Waals surface area contributed by atoms with Crippen LogP contribution in [0, 0.1) is 0 Å². The van der Waals surface area contributed by atoms with Crippen molar-refractivity contribution >= 4 is 29.4 Å². The SMILES string of the molecule is C[C@H](OC(=O)c1ccc2c(c1)C(=O)N(Cc1ccncc1)C2=O)C(=O)N1CCCc2ccccc21. The van der Waals surface area contributed by atoms with Crippen molar-refractivity contribution in [1.29, 1.82) is 0 Å². The highest BCUT2D eigenvalue weighted by Gasteiger charge is 2.36. The maximum Gasteiger partial charge on any atom is 0.338 e. The molecule has 2 aliphatic rings. The summed E-state index contributed by atoms with van der Waals surface area (Å²) >= 11 is 0. The number of imide groups is 1. The number of aromatic nitrogens is 1. The monoisotopic (exact) mass is 469 g/mol. The average molecular weight is 469 g/mol. The third-order valence-corrected chi connectivity index (χ3v) is 6.30. The second kappa shape index (κ2) is 9.13. The van der Waals surface area contributed by atoms with Gasteiger partial charge >= 0.3 is 5.97 Å². The topological polar surface area (TPSA) is 96.9 Å². The van der Waals surface area contributed by atoms with E-state index in [1.54, 1.807) is 29.4 Å². The summed E-state index contributed by atoms with van der Waals surface area (Å²) in [6.45, 7) is 2.20. The summed E-state index contributed by atoms with van der Waals surface area (Å²) in [4.78, 5) is 58.3. The molecule has 8 heteroatoms. The van der Waals surface area contributed by atoms with E-state index in [4.69, 9.17) is 4.74 Å². The minimum atomic E-state index is -1.01. The number of hydrogen-bond acceptors (Lipinski definition) is 6. The van der Waals surface area contributed by atoms with E-state index in [1.165, 1.54) is 25.1 Å². The molecule has 0 radical (unpaired) electrons. The molecular formula is C27H23N3O5. The average Bonchev–Trinajstić information content (AvgIpc) is 3.12. The molecule has 0 fully saturated rings. The number of nitrogens with zero attached hydrogens (tertiary/aromatic N) is 3. The van der Waals surface area contributed by atoms with Crippen LogP contribution in [0.1, 0.15) is 55.5 Å². The van der Waals surface area contributed by atoms with Crippen LogP contribution in [0.4, 0.5) is 5.69 Å². The van der Waals surface area contributed by atoms with E-state index in [0.717, 1.165) is 34.6 Å². The highest BCUT2D eigenvalue weighted by atomic mass is 16.5. The van der Waals surface area contributed by atoms with E-state index in [9.17, 15) is 19.2 Å². The van der Waals surface area contributed by atoms with Crippen LogP contribution in [0.25, 0.3) is 0 Å². The van der Waals surface area contributed by atoms with Crippen LogP contribution in [0.15, 0.2) is 67.0 Å². The van der Waals surface area contributed by atoms with Gasteiger partial charge in [0.25, 0.3) is 17.7 Å². The Morgan fingerprint density at radius 3 is 2.54 bits per heavy atom. The first-order chi connectivity index (χ1) is 16.9. The summed E-state index contributed by atoms with van der Waals surface area (Å²) in [7, 11) is 0. The number of anilines is 1. The molecule has 0 saturated heterocycles. The maximum absolute atomic E-state index is 13.1. The molecule has 5 rings (SSSR count). The predicted molar refractivity (Wildman–Crippen MR) is 127 cm³/mol. The summed E-state index contributed by atoms with van der Waals surface area (Å²) < 4.78 is 5.46. The normalized spacial score (nSPS) is 15.5. The molecule has 0 bridgehead atoms. The van der Waals surface area contributed by atoms with Crippen molar-refractivity contribution in [1.82, 2.24) is 9.88 Å². The molecule has 0 aliphatic carbocycles. The molecular weight excluding hydrogens is 446 g/mol. The van der Waals surface area contributed by atoms with Crippen LogP contribution in [0.2, 0.25) is 0 Å². The summed E-state index contributed by atoms with van der Waals surface area (Å²) in [5.74, 6) is -1.94. The maximum atomic E-state index is 13.1. The van der Waals surface area contributed by atoms with Gasteiger partial charge in [0.2, 0.25) is 0 Å². The van der Waals surface area contributed by atoms with Crippen molar-refractivity contribution in [2.24, 2.45) is 0 Å². The van der Waals surface area contributed by atoms with Gasteiger partial charge in [0, 0.05) is 24.6 Å². The number of carbonyl (C=O) groups excluding carboxylic acids is 4. The molecule has 0 saturated carbocycles. The second-order valence-corrected chi connectivity index (χ2v) is 8.58. The van der Waals surface area contributed by atoms with Gasteiger partial charge in [-0.3, -0.25) is 24.3 Å². The fourth-order valence-corrected chi connectivity index (χ4v) is 4.49. The number of para-hydroxylation sites is 1. The van der Waals surface area contributed by atoms with Crippen molar-refractivity contribution < 1.29 is 23.9 Å². The lowest BCUT2D eigenvalue weighted by Crippen LogP contribution is -2.42. The number of pyridine rings is 1.